The molecule has 0 aromatic carbocycles. The predicted molar refractivity (Wildman–Crippen MR) is 138 cm³/mol. The van der Waals surface area contributed by atoms with E-state index in [1.807, 2.05) is 6.07 Å². The predicted octanol–water partition coefficient (Wildman–Crippen LogP) is 6.20. The maximum atomic E-state index is 12.8. The number of thiophene rings is 1. The number of nitrogens with zero attached hydrogens (tertiary/aromatic N) is 2. The minimum atomic E-state index is -0.398. The van der Waals surface area contributed by atoms with Crippen LogP contribution >= 0.6 is 23.1 Å². The summed E-state index contributed by atoms with van der Waals surface area (Å²) in [5, 5.41) is 13.6. The third-order valence-corrected chi connectivity index (χ3v) is 8.46. The number of esters is 1. The highest BCUT2D eigenvalue weighted by Gasteiger charge is 2.34. The number of nitrogens with one attached hydrogen (secondary N) is 1. The first-order chi connectivity index (χ1) is 16.0. The van der Waals surface area contributed by atoms with Crippen molar-refractivity contribution in [2.75, 3.05) is 18.2 Å². The van der Waals surface area contributed by atoms with Crippen LogP contribution in [0.1, 0.15) is 85.4 Å². The second-order valence-electron chi connectivity index (χ2n) is 10.0. The van der Waals surface area contributed by atoms with Crippen LogP contribution in [0.5, 0.6) is 0 Å². The number of fused-ring (bicyclic) bond motifs is 1. The van der Waals surface area contributed by atoms with Gasteiger partial charge in [0.2, 0.25) is 5.91 Å². The van der Waals surface area contributed by atoms with E-state index in [1.54, 1.807) is 6.07 Å². The summed E-state index contributed by atoms with van der Waals surface area (Å²) < 4.78 is 5.05. The molecule has 8 heteroatoms. The van der Waals surface area contributed by atoms with Crippen molar-refractivity contribution in [1.82, 2.24) is 4.98 Å². The van der Waals surface area contributed by atoms with Gasteiger partial charge in [-0.05, 0) is 54.2 Å². The van der Waals surface area contributed by atoms with Gasteiger partial charge in [-0.3, -0.25) is 4.79 Å². The van der Waals surface area contributed by atoms with Crippen LogP contribution < -0.4 is 5.32 Å². The van der Waals surface area contributed by atoms with Gasteiger partial charge in [0, 0.05) is 22.7 Å². The number of hydrogen-bond donors (Lipinski definition) is 1. The molecule has 2 heterocycles. The summed E-state index contributed by atoms with van der Waals surface area (Å²) in [7, 11) is 1.38. The molecule has 0 aliphatic heterocycles. The lowest BCUT2D eigenvalue weighted by atomic mass is 9.72. The summed E-state index contributed by atoms with van der Waals surface area (Å²) in [4.78, 5) is 31.1. The fourth-order valence-corrected chi connectivity index (χ4v) is 6.38. The van der Waals surface area contributed by atoms with Crippen LogP contribution in [-0.2, 0) is 22.4 Å². The summed E-state index contributed by atoms with van der Waals surface area (Å²) in [6.07, 6.45) is 2.99. The molecule has 6 nitrogen and oxygen atoms in total. The second kappa shape index (κ2) is 10.9. The number of amides is 1. The highest BCUT2D eigenvalue weighted by atomic mass is 32.2. The molecule has 2 aromatic rings. The molecule has 1 amide bonds. The quantitative estimate of drug-likeness (QED) is 0.360. The smallest absolute Gasteiger partial charge is 0.341 e. The molecule has 0 fully saturated rings. The molecule has 0 spiro atoms. The number of rotatable bonds is 7. The van der Waals surface area contributed by atoms with E-state index in [4.69, 9.17) is 4.74 Å². The fourth-order valence-electron chi connectivity index (χ4n) is 4.13. The van der Waals surface area contributed by atoms with E-state index in [0.29, 0.717) is 32.8 Å². The van der Waals surface area contributed by atoms with Crippen LogP contribution in [0.15, 0.2) is 17.2 Å². The SMILES string of the molecule is COC(=O)c1c(NC(=O)CCSc2nc(C(C)C)ccc2C#N)sc2c1CCC(C(C)(C)C)C2. The lowest BCUT2D eigenvalue weighted by Crippen LogP contribution is -2.26. The van der Waals surface area contributed by atoms with Crippen LogP contribution in [0.2, 0.25) is 0 Å². The van der Waals surface area contributed by atoms with E-state index in [2.05, 4.69) is 51.0 Å². The van der Waals surface area contributed by atoms with Crippen molar-refractivity contribution in [3.05, 3.63) is 39.4 Å². The van der Waals surface area contributed by atoms with Gasteiger partial charge in [0.25, 0.3) is 0 Å². The van der Waals surface area contributed by atoms with Crippen molar-refractivity contribution in [2.24, 2.45) is 11.3 Å². The Morgan fingerprint density at radius 3 is 2.71 bits per heavy atom. The van der Waals surface area contributed by atoms with Crippen molar-refractivity contribution in [1.29, 1.82) is 5.26 Å². The molecule has 0 bridgehead atoms. The van der Waals surface area contributed by atoms with Gasteiger partial charge in [-0.2, -0.15) is 5.26 Å². The number of hydrogen-bond acceptors (Lipinski definition) is 7. The van der Waals surface area contributed by atoms with Crippen molar-refractivity contribution in [3.63, 3.8) is 0 Å². The first kappa shape index (κ1) is 26.2. The number of anilines is 1. The number of aromatic nitrogens is 1. The minimum Gasteiger partial charge on any atom is -0.465 e. The average Bonchev–Trinajstić information content (AvgIpc) is 3.14. The Morgan fingerprint density at radius 2 is 2.09 bits per heavy atom. The Labute approximate surface area is 210 Å². The molecular formula is C26H33N3O3S2. The Morgan fingerprint density at radius 1 is 1.35 bits per heavy atom. The molecular weight excluding hydrogens is 466 g/mol. The molecule has 1 unspecified atom stereocenters. The van der Waals surface area contributed by atoms with E-state index in [9.17, 15) is 14.9 Å². The third kappa shape index (κ3) is 6.00. The molecule has 1 atom stereocenters. The topological polar surface area (TPSA) is 92.1 Å². The molecule has 0 saturated heterocycles. The Kier molecular flexibility index (Phi) is 8.43. The number of ether oxygens (including phenoxy) is 1. The molecule has 3 rings (SSSR count). The Hall–Kier alpha value is -2.37. The maximum Gasteiger partial charge on any atom is 0.341 e. The van der Waals surface area contributed by atoms with Crippen LogP contribution in [0.3, 0.4) is 0 Å². The Bertz CT molecular complexity index is 1110. The highest BCUT2D eigenvalue weighted by molar-refractivity contribution is 7.99. The number of carbonyl (C=O) groups excluding carboxylic acids is 2. The molecule has 0 saturated carbocycles. The fraction of sp³-hybridized carbons (Fsp3) is 0.538. The largest absolute Gasteiger partial charge is 0.465 e. The molecule has 2 aromatic heterocycles. The van der Waals surface area contributed by atoms with Crippen LogP contribution in [0, 0.1) is 22.7 Å². The van der Waals surface area contributed by atoms with Gasteiger partial charge in [-0.1, -0.05) is 34.6 Å². The molecule has 1 aliphatic carbocycles. The number of thioether (sulfide) groups is 1. The minimum absolute atomic E-state index is 0.165. The molecule has 0 radical (unpaired) electrons. The molecule has 34 heavy (non-hydrogen) atoms. The van der Waals surface area contributed by atoms with Gasteiger partial charge in [0.1, 0.15) is 16.1 Å². The van der Waals surface area contributed by atoms with Crippen LogP contribution in [0.4, 0.5) is 5.00 Å². The molecule has 1 aliphatic rings. The van der Waals surface area contributed by atoms with Crippen LogP contribution in [0.25, 0.3) is 0 Å². The summed E-state index contributed by atoms with van der Waals surface area (Å²) in [6, 6.07) is 5.83. The van der Waals surface area contributed by atoms with E-state index in [1.165, 1.54) is 35.1 Å². The zero-order valence-electron chi connectivity index (χ0n) is 20.8. The van der Waals surface area contributed by atoms with Crippen molar-refractivity contribution in [2.45, 2.75) is 71.2 Å². The van der Waals surface area contributed by atoms with Gasteiger partial charge in [0.05, 0.1) is 18.2 Å². The van der Waals surface area contributed by atoms with E-state index in [-0.39, 0.29) is 23.7 Å². The molecule has 182 valence electrons. The van der Waals surface area contributed by atoms with Gasteiger partial charge in [-0.15, -0.1) is 23.1 Å². The van der Waals surface area contributed by atoms with Gasteiger partial charge in [-0.25, -0.2) is 9.78 Å². The maximum absolute atomic E-state index is 12.8. The zero-order chi connectivity index (χ0) is 25.0. The third-order valence-electron chi connectivity index (χ3n) is 6.29. The van der Waals surface area contributed by atoms with Crippen molar-refractivity contribution >= 4 is 40.0 Å². The van der Waals surface area contributed by atoms with E-state index < -0.39 is 5.97 Å². The number of nitriles is 1. The zero-order valence-corrected chi connectivity index (χ0v) is 22.4. The molecule has 1 N–H and O–H groups in total. The van der Waals surface area contributed by atoms with Gasteiger partial charge < -0.3 is 10.1 Å². The standard InChI is InChI=1S/C26H33N3O3S2/c1-15(2)19-10-7-16(14-27)23(28-19)33-12-11-21(30)29-24-22(25(31)32-6)18-9-8-17(26(3,4)5)13-20(18)34-24/h7,10,15,17H,8-9,11-13H2,1-6H3,(H,29,30). The number of carbonyl (C=O) groups is 2. The van der Waals surface area contributed by atoms with Crippen molar-refractivity contribution < 1.29 is 14.3 Å². The lowest BCUT2D eigenvalue weighted by Gasteiger charge is -2.33. The number of pyridine rings is 1. The van der Waals surface area contributed by atoms with Crippen molar-refractivity contribution in [3.8, 4) is 6.07 Å². The van der Waals surface area contributed by atoms with Crippen LogP contribution in [-0.4, -0.2) is 29.7 Å². The van der Waals surface area contributed by atoms with Gasteiger partial charge in [0.15, 0.2) is 0 Å². The summed E-state index contributed by atoms with van der Waals surface area (Å²) in [5.41, 5.74) is 3.16. The summed E-state index contributed by atoms with van der Waals surface area (Å²) in [5.74, 6) is 0.717. The van der Waals surface area contributed by atoms with Gasteiger partial charge >= 0.3 is 5.97 Å². The van der Waals surface area contributed by atoms with E-state index in [0.717, 1.165) is 30.5 Å². The monoisotopic (exact) mass is 499 g/mol. The first-order valence-electron chi connectivity index (χ1n) is 11.6. The van der Waals surface area contributed by atoms with E-state index >= 15 is 0 Å². The first-order valence-corrected chi connectivity index (χ1v) is 13.4. The summed E-state index contributed by atoms with van der Waals surface area (Å²) in [6.45, 7) is 10.9. The Balaban J connectivity index is 1.71. The average molecular weight is 500 g/mol. The highest BCUT2D eigenvalue weighted by Crippen LogP contribution is 2.44. The number of methoxy groups -OCH3 is 1. The second-order valence-corrected chi connectivity index (χ2v) is 12.2. The normalized spacial score (nSPS) is 15.5. The lowest BCUT2D eigenvalue weighted by molar-refractivity contribution is -0.115. The summed E-state index contributed by atoms with van der Waals surface area (Å²) >= 11 is 2.90.